The number of carbonyl (C=O) groups excluding carboxylic acids is 1. The molecule has 0 saturated carbocycles. The summed E-state index contributed by atoms with van der Waals surface area (Å²) in [4.78, 5) is 27.2. The number of amides is 1. The number of oxazole rings is 2. The lowest BCUT2D eigenvalue weighted by Crippen LogP contribution is -2.58. The lowest BCUT2D eigenvalue weighted by molar-refractivity contribution is -0.137. The van der Waals surface area contributed by atoms with E-state index in [1.165, 1.54) is 0 Å². The Labute approximate surface area is 147 Å². The highest BCUT2D eigenvalue weighted by Gasteiger charge is 2.34. The molecule has 0 spiro atoms. The molecule has 2 aromatic rings. The highest BCUT2D eigenvalue weighted by atomic mass is 16.4. The summed E-state index contributed by atoms with van der Waals surface area (Å²) >= 11 is 0. The maximum atomic E-state index is 12.7. The topological polar surface area (TPSA) is 78.9 Å². The molecule has 1 saturated heterocycles. The Morgan fingerprint density at radius 2 is 1.72 bits per heavy atom. The Balaban J connectivity index is 1.70. The number of piperazine rings is 1. The van der Waals surface area contributed by atoms with Crippen molar-refractivity contribution in [1.82, 2.24) is 24.7 Å². The van der Waals surface area contributed by atoms with Crippen LogP contribution in [0.3, 0.4) is 0 Å². The van der Waals surface area contributed by atoms with Crippen molar-refractivity contribution in [2.24, 2.45) is 0 Å². The summed E-state index contributed by atoms with van der Waals surface area (Å²) in [6, 6.07) is -0.244. The maximum Gasteiger partial charge on any atom is 0.240 e. The van der Waals surface area contributed by atoms with E-state index in [0.717, 1.165) is 24.6 Å². The van der Waals surface area contributed by atoms with Crippen molar-refractivity contribution >= 4 is 5.91 Å². The minimum Gasteiger partial charge on any atom is -0.445 e. The third kappa shape index (κ3) is 4.26. The van der Waals surface area contributed by atoms with Gasteiger partial charge in [-0.15, -0.1) is 0 Å². The summed E-state index contributed by atoms with van der Waals surface area (Å²) in [7, 11) is 3.57. The Bertz CT molecular complexity index is 723. The molecule has 8 heteroatoms. The summed E-state index contributed by atoms with van der Waals surface area (Å²) in [5, 5.41) is 0. The van der Waals surface area contributed by atoms with Crippen LogP contribution in [0.15, 0.2) is 21.2 Å². The molecule has 1 amide bonds. The number of nitrogens with zero attached hydrogens (tertiary/aromatic N) is 5. The third-order valence-electron chi connectivity index (χ3n) is 4.34. The molecule has 136 valence electrons. The summed E-state index contributed by atoms with van der Waals surface area (Å²) in [6.07, 6.45) is 3.43. The van der Waals surface area contributed by atoms with Crippen molar-refractivity contribution in [3.8, 4) is 0 Å². The first-order valence-corrected chi connectivity index (χ1v) is 8.42. The second kappa shape index (κ2) is 7.37. The van der Waals surface area contributed by atoms with Crippen LogP contribution in [-0.4, -0.2) is 70.3 Å². The van der Waals surface area contributed by atoms with E-state index in [0.29, 0.717) is 31.4 Å². The van der Waals surface area contributed by atoms with Crippen LogP contribution in [0.2, 0.25) is 0 Å². The monoisotopic (exact) mass is 347 g/mol. The van der Waals surface area contributed by atoms with Crippen LogP contribution in [-0.2, 0) is 17.9 Å². The minimum absolute atomic E-state index is 0.0802. The van der Waals surface area contributed by atoms with Gasteiger partial charge >= 0.3 is 0 Å². The number of rotatable bonds is 5. The number of hydrogen-bond acceptors (Lipinski definition) is 7. The molecule has 1 aliphatic heterocycles. The van der Waals surface area contributed by atoms with Crippen molar-refractivity contribution in [3.63, 3.8) is 0 Å². The zero-order chi connectivity index (χ0) is 18.0. The smallest absolute Gasteiger partial charge is 0.240 e. The van der Waals surface area contributed by atoms with Crippen LogP contribution >= 0.6 is 0 Å². The average Bonchev–Trinajstić information content (AvgIpc) is 3.16. The van der Waals surface area contributed by atoms with Crippen molar-refractivity contribution in [2.75, 3.05) is 33.7 Å². The maximum absolute atomic E-state index is 12.7. The van der Waals surface area contributed by atoms with Crippen molar-refractivity contribution in [2.45, 2.75) is 33.0 Å². The van der Waals surface area contributed by atoms with Crippen LogP contribution in [0.1, 0.15) is 23.3 Å². The number of aromatic nitrogens is 2. The fourth-order valence-electron chi connectivity index (χ4n) is 3.06. The molecule has 0 radical (unpaired) electrons. The predicted molar refractivity (Wildman–Crippen MR) is 90.6 cm³/mol. The molecular weight excluding hydrogens is 322 g/mol. The van der Waals surface area contributed by atoms with Gasteiger partial charge in [-0.1, -0.05) is 0 Å². The summed E-state index contributed by atoms with van der Waals surface area (Å²) < 4.78 is 11.2. The zero-order valence-corrected chi connectivity index (χ0v) is 15.2. The van der Waals surface area contributed by atoms with Crippen LogP contribution < -0.4 is 0 Å². The molecule has 2 aromatic heterocycles. The van der Waals surface area contributed by atoms with Crippen LogP contribution in [0, 0.1) is 13.8 Å². The standard InChI is InChI=1S/C17H25N5O3/c1-12-7-18-15(24-12)10-21-5-6-22(11-16-19-8-13(2)25-16)14(9-21)17(23)20(3)4/h7-8,14H,5-6,9-11H2,1-4H3/t14-/m0/s1. The predicted octanol–water partition coefficient (Wildman–Crippen LogP) is 1.05. The molecule has 0 N–H and O–H groups in total. The fraction of sp³-hybridized carbons (Fsp3) is 0.588. The van der Waals surface area contributed by atoms with Gasteiger partial charge in [-0.05, 0) is 13.8 Å². The van der Waals surface area contributed by atoms with E-state index in [1.54, 1.807) is 31.4 Å². The van der Waals surface area contributed by atoms with Crippen LogP contribution in [0.5, 0.6) is 0 Å². The molecule has 1 atom stereocenters. The molecule has 3 heterocycles. The minimum atomic E-state index is -0.244. The van der Waals surface area contributed by atoms with E-state index in [1.807, 2.05) is 13.8 Å². The van der Waals surface area contributed by atoms with Gasteiger partial charge in [-0.2, -0.15) is 0 Å². The Hall–Kier alpha value is -2.19. The van der Waals surface area contributed by atoms with Gasteiger partial charge < -0.3 is 13.7 Å². The van der Waals surface area contributed by atoms with Gasteiger partial charge in [0, 0.05) is 33.7 Å². The molecule has 0 bridgehead atoms. The summed E-state index contributed by atoms with van der Waals surface area (Å²) in [5.41, 5.74) is 0. The van der Waals surface area contributed by atoms with E-state index >= 15 is 0 Å². The molecule has 8 nitrogen and oxygen atoms in total. The normalized spacial score (nSPS) is 19.3. The van der Waals surface area contributed by atoms with Crippen LogP contribution in [0.4, 0.5) is 0 Å². The first kappa shape index (κ1) is 17.6. The van der Waals surface area contributed by atoms with Gasteiger partial charge in [-0.25, -0.2) is 9.97 Å². The lowest BCUT2D eigenvalue weighted by atomic mass is 10.1. The first-order valence-electron chi connectivity index (χ1n) is 8.42. The summed E-state index contributed by atoms with van der Waals surface area (Å²) in [5.74, 6) is 2.99. The first-order chi connectivity index (χ1) is 11.9. The van der Waals surface area contributed by atoms with Gasteiger partial charge in [0.25, 0.3) is 0 Å². The number of carbonyl (C=O) groups is 1. The van der Waals surface area contributed by atoms with Crippen LogP contribution in [0.25, 0.3) is 0 Å². The second-order valence-electron chi connectivity index (χ2n) is 6.68. The number of aryl methyl sites for hydroxylation is 2. The third-order valence-corrected chi connectivity index (χ3v) is 4.34. The zero-order valence-electron chi connectivity index (χ0n) is 15.2. The highest BCUT2D eigenvalue weighted by Crippen LogP contribution is 2.18. The molecule has 0 aliphatic carbocycles. The fourth-order valence-corrected chi connectivity index (χ4v) is 3.06. The van der Waals surface area contributed by atoms with Gasteiger partial charge in [0.1, 0.15) is 17.6 Å². The van der Waals surface area contributed by atoms with Crippen molar-refractivity contribution in [1.29, 1.82) is 0 Å². The molecule has 1 fully saturated rings. The quantitative estimate of drug-likeness (QED) is 0.800. The SMILES string of the molecule is Cc1cnc(CN2CCN(Cc3ncc(C)o3)[C@H](C(=O)N(C)C)C2)o1. The Morgan fingerprint density at radius 3 is 2.24 bits per heavy atom. The van der Waals surface area contributed by atoms with Gasteiger partial charge in [0.05, 0.1) is 25.5 Å². The van der Waals surface area contributed by atoms with E-state index in [4.69, 9.17) is 8.83 Å². The Kier molecular flexibility index (Phi) is 5.19. The van der Waals surface area contributed by atoms with Crippen molar-refractivity contribution in [3.05, 3.63) is 35.7 Å². The molecular formula is C17H25N5O3. The molecule has 0 unspecified atom stereocenters. The number of hydrogen-bond donors (Lipinski definition) is 0. The molecule has 1 aliphatic rings. The van der Waals surface area contributed by atoms with E-state index in [-0.39, 0.29) is 11.9 Å². The molecule has 0 aromatic carbocycles. The van der Waals surface area contributed by atoms with E-state index < -0.39 is 0 Å². The van der Waals surface area contributed by atoms with E-state index in [2.05, 4.69) is 19.8 Å². The van der Waals surface area contributed by atoms with E-state index in [9.17, 15) is 4.79 Å². The molecule has 25 heavy (non-hydrogen) atoms. The highest BCUT2D eigenvalue weighted by molar-refractivity contribution is 5.81. The lowest BCUT2D eigenvalue weighted by Gasteiger charge is -2.40. The summed E-state index contributed by atoms with van der Waals surface area (Å²) in [6.45, 7) is 7.10. The van der Waals surface area contributed by atoms with Gasteiger partial charge in [0.2, 0.25) is 17.7 Å². The molecule has 3 rings (SSSR count). The largest absolute Gasteiger partial charge is 0.445 e. The Morgan fingerprint density at radius 1 is 1.12 bits per heavy atom. The van der Waals surface area contributed by atoms with Gasteiger partial charge in [-0.3, -0.25) is 14.6 Å². The second-order valence-corrected chi connectivity index (χ2v) is 6.68. The number of likely N-dealkylation sites (N-methyl/N-ethyl adjacent to an activating group) is 1. The van der Waals surface area contributed by atoms with Crippen molar-refractivity contribution < 1.29 is 13.6 Å². The van der Waals surface area contributed by atoms with Gasteiger partial charge in [0.15, 0.2) is 0 Å². The average molecular weight is 347 g/mol.